The minimum atomic E-state index is -0.135. The maximum absolute atomic E-state index is 13.1. The van der Waals surface area contributed by atoms with Crippen LogP contribution in [0.15, 0.2) is 24.3 Å². The summed E-state index contributed by atoms with van der Waals surface area (Å²) in [6.07, 6.45) is 2.17. The first-order valence-electron chi connectivity index (χ1n) is 6.54. The summed E-state index contributed by atoms with van der Waals surface area (Å²) in [5.41, 5.74) is 1.00. The second-order valence-electron chi connectivity index (χ2n) is 5.76. The van der Waals surface area contributed by atoms with Crippen molar-refractivity contribution < 1.29 is 9.13 Å². The van der Waals surface area contributed by atoms with Crippen LogP contribution in [-0.4, -0.2) is 25.3 Å². The molecule has 18 heavy (non-hydrogen) atoms. The van der Waals surface area contributed by atoms with Crippen LogP contribution in [0.2, 0.25) is 0 Å². The molecule has 0 radical (unpaired) electrons. The molecule has 0 atom stereocenters. The molecule has 1 N–H and O–H groups in total. The number of hydrogen-bond acceptors (Lipinski definition) is 2. The van der Waals surface area contributed by atoms with Crippen molar-refractivity contribution in [2.45, 2.75) is 44.2 Å². The predicted molar refractivity (Wildman–Crippen MR) is 71.3 cm³/mol. The van der Waals surface area contributed by atoms with Crippen molar-refractivity contribution in [3.8, 4) is 0 Å². The number of benzene rings is 1. The first kappa shape index (κ1) is 13.5. The van der Waals surface area contributed by atoms with Crippen LogP contribution in [0.25, 0.3) is 0 Å². The fourth-order valence-electron chi connectivity index (χ4n) is 2.28. The summed E-state index contributed by atoms with van der Waals surface area (Å²) in [7, 11) is 1.73. The first-order valence-corrected chi connectivity index (χ1v) is 6.54. The second-order valence-corrected chi connectivity index (χ2v) is 5.76. The Bertz CT molecular complexity index is 399. The van der Waals surface area contributed by atoms with Gasteiger partial charge >= 0.3 is 0 Å². The van der Waals surface area contributed by atoms with E-state index in [1.807, 2.05) is 6.07 Å². The number of nitrogens with one attached hydrogen (secondary N) is 1. The predicted octanol–water partition coefficient (Wildman–Crippen LogP) is 3.09. The number of rotatable bonds is 5. The van der Waals surface area contributed by atoms with Gasteiger partial charge in [-0.3, -0.25) is 0 Å². The third-order valence-electron chi connectivity index (χ3n) is 3.83. The number of ether oxygens (including phenoxy) is 1. The van der Waals surface area contributed by atoms with Gasteiger partial charge in [0.25, 0.3) is 0 Å². The van der Waals surface area contributed by atoms with Crippen molar-refractivity contribution in [3.63, 3.8) is 0 Å². The zero-order valence-corrected chi connectivity index (χ0v) is 11.4. The van der Waals surface area contributed by atoms with E-state index in [-0.39, 0.29) is 11.4 Å². The smallest absolute Gasteiger partial charge is 0.123 e. The quantitative estimate of drug-likeness (QED) is 0.868. The van der Waals surface area contributed by atoms with Gasteiger partial charge in [0, 0.05) is 19.7 Å². The second kappa shape index (κ2) is 5.37. The molecule has 2 rings (SSSR count). The van der Waals surface area contributed by atoms with Gasteiger partial charge in [0.2, 0.25) is 0 Å². The third-order valence-corrected chi connectivity index (χ3v) is 3.83. The Hall–Kier alpha value is -0.930. The van der Waals surface area contributed by atoms with Crippen molar-refractivity contribution in [3.05, 3.63) is 35.6 Å². The van der Waals surface area contributed by atoms with E-state index >= 15 is 0 Å². The van der Waals surface area contributed by atoms with Gasteiger partial charge in [0.05, 0.1) is 5.60 Å². The van der Waals surface area contributed by atoms with E-state index in [9.17, 15) is 4.39 Å². The standard InChI is InChI=1S/C15H22FNO/c1-15(2,18-3)10-17-14-8-12(9-14)11-5-4-6-13(16)7-11/h4-7,12,14,17H,8-10H2,1-3H3. The summed E-state index contributed by atoms with van der Waals surface area (Å²) in [6, 6.07) is 7.49. The molecule has 0 bridgehead atoms. The summed E-state index contributed by atoms with van der Waals surface area (Å²) in [6.45, 7) is 5.00. The number of halogens is 1. The molecule has 0 amide bonds. The lowest BCUT2D eigenvalue weighted by Gasteiger charge is -2.38. The highest BCUT2D eigenvalue weighted by Gasteiger charge is 2.31. The van der Waals surface area contributed by atoms with Crippen LogP contribution in [0.3, 0.4) is 0 Å². The van der Waals surface area contributed by atoms with Crippen LogP contribution < -0.4 is 5.32 Å². The summed E-state index contributed by atoms with van der Waals surface area (Å²) < 4.78 is 18.5. The summed E-state index contributed by atoms with van der Waals surface area (Å²) >= 11 is 0. The van der Waals surface area contributed by atoms with Crippen LogP contribution in [0.4, 0.5) is 4.39 Å². The SMILES string of the molecule is COC(C)(C)CNC1CC(c2cccc(F)c2)C1. The van der Waals surface area contributed by atoms with E-state index < -0.39 is 0 Å². The largest absolute Gasteiger partial charge is 0.377 e. The van der Waals surface area contributed by atoms with E-state index in [2.05, 4.69) is 19.2 Å². The molecule has 0 aliphatic heterocycles. The zero-order valence-electron chi connectivity index (χ0n) is 11.4. The molecule has 0 heterocycles. The fourth-order valence-corrected chi connectivity index (χ4v) is 2.28. The molecule has 1 aromatic carbocycles. The Kier molecular flexibility index (Phi) is 4.03. The first-order chi connectivity index (χ1) is 8.50. The highest BCUT2D eigenvalue weighted by atomic mass is 19.1. The molecule has 0 saturated heterocycles. The summed E-state index contributed by atoms with van der Waals surface area (Å²) in [5, 5.41) is 3.51. The Morgan fingerprint density at radius 2 is 2.11 bits per heavy atom. The van der Waals surface area contributed by atoms with Crippen LogP contribution in [-0.2, 0) is 4.74 Å². The molecular formula is C15H22FNO. The van der Waals surface area contributed by atoms with Crippen molar-refractivity contribution in [1.82, 2.24) is 5.32 Å². The van der Waals surface area contributed by atoms with Gasteiger partial charge in [-0.1, -0.05) is 12.1 Å². The van der Waals surface area contributed by atoms with Crippen LogP contribution in [0.5, 0.6) is 0 Å². The minimum absolute atomic E-state index is 0.121. The van der Waals surface area contributed by atoms with Gasteiger partial charge in [-0.15, -0.1) is 0 Å². The van der Waals surface area contributed by atoms with E-state index in [0.29, 0.717) is 12.0 Å². The van der Waals surface area contributed by atoms with Gasteiger partial charge in [-0.05, 0) is 50.3 Å². The topological polar surface area (TPSA) is 21.3 Å². The van der Waals surface area contributed by atoms with E-state index in [4.69, 9.17) is 4.74 Å². The van der Waals surface area contributed by atoms with E-state index in [1.165, 1.54) is 6.07 Å². The molecule has 2 nitrogen and oxygen atoms in total. The molecule has 1 aliphatic rings. The Morgan fingerprint density at radius 1 is 1.39 bits per heavy atom. The molecule has 1 aliphatic carbocycles. The zero-order chi connectivity index (χ0) is 13.2. The lowest BCUT2D eigenvalue weighted by atomic mass is 9.75. The summed E-state index contributed by atoms with van der Waals surface area (Å²) in [5.74, 6) is 0.369. The van der Waals surface area contributed by atoms with Gasteiger partial charge in [-0.2, -0.15) is 0 Å². The van der Waals surface area contributed by atoms with Crippen molar-refractivity contribution in [2.24, 2.45) is 0 Å². The fraction of sp³-hybridized carbons (Fsp3) is 0.600. The van der Waals surface area contributed by atoms with Crippen LogP contribution in [0.1, 0.15) is 38.2 Å². The number of methoxy groups -OCH3 is 1. The lowest BCUT2D eigenvalue weighted by molar-refractivity contribution is 0.0180. The van der Waals surface area contributed by atoms with Crippen molar-refractivity contribution in [2.75, 3.05) is 13.7 Å². The average molecular weight is 251 g/mol. The molecule has 3 heteroatoms. The molecule has 0 spiro atoms. The monoisotopic (exact) mass is 251 g/mol. The maximum Gasteiger partial charge on any atom is 0.123 e. The lowest BCUT2D eigenvalue weighted by Crippen LogP contribution is -2.46. The average Bonchev–Trinajstić information content (AvgIpc) is 2.27. The summed E-state index contributed by atoms with van der Waals surface area (Å²) in [4.78, 5) is 0. The molecule has 100 valence electrons. The Labute approximate surface area is 109 Å². The van der Waals surface area contributed by atoms with Crippen LogP contribution >= 0.6 is 0 Å². The molecule has 0 unspecified atom stereocenters. The van der Waals surface area contributed by atoms with Gasteiger partial charge in [0.1, 0.15) is 5.82 Å². The molecular weight excluding hydrogens is 229 g/mol. The molecule has 0 aromatic heterocycles. The Balaban J connectivity index is 1.77. The van der Waals surface area contributed by atoms with Crippen molar-refractivity contribution >= 4 is 0 Å². The van der Waals surface area contributed by atoms with Gasteiger partial charge < -0.3 is 10.1 Å². The molecule has 1 aromatic rings. The third kappa shape index (κ3) is 3.30. The number of hydrogen-bond donors (Lipinski definition) is 1. The van der Waals surface area contributed by atoms with Crippen LogP contribution in [0, 0.1) is 5.82 Å². The maximum atomic E-state index is 13.1. The molecule has 1 saturated carbocycles. The highest BCUT2D eigenvalue weighted by Crippen LogP contribution is 2.37. The molecule has 1 fully saturated rings. The van der Waals surface area contributed by atoms with E-state index in [1.54, 1.807) is 19.2 Å². The normalized spacial score (nSPS) is 23.8. The van der Waals surface area contributed by atoms with Gasteiger partial charge in [-0.25, -0.2) is 4.39 Å². The van der Waals surface area contributed by atoms with Gasteiger partial charge in [0.15, 0.2) is 0 Å². The Morgan fingerprint density at radius 3 is 2.72 bits per heavy atom. The minimum Gasteiger partial charge on any atom is -0.377 e. The van der Waals surface area contributed by atoms with Crippen molar-refractivity contribution in [1.29, 1.82) is 0 Å². The highest BCUT2D eigenvalue weighted by molar-refractivity contribution is 5.23. The van der Waals surface area contributed by atoms with E-state index in [0.717, 1.165) is 24.9 Å².